The number of imide groups is 1. The standard InChI is InChI=1S/C30H55NO4/c1-10-14-15-16-17-18-19-35-28(22(7)8)25(20-23(11-2)34-9)27-24(12-3)29(32)31(13-4)30(33)26(27)21(5)6/h21,23-27H,10-20H2,1-9H3. The number of methoxy groups -OCH3 is 1. The second kappa shape index (κ2) is 16.4. The Kier molecular flexibility index (Phi) is 14.8. The minimum Gasteiger partial charge on any atom is -0.498 e. The van der Waals surface area contributed by atoms with Gasteiger partial charge in [-0.3, -0.25) is 14.5 Å². The monoisotopic (exact) mass is 493 g/mol. The molecule has 1 aliphatic rings. The number of amides is 2. The topological polar surface area (TPSA) is 55.8 Å². The van der Waals surface area contributed by atoms with Crippen molar-refractivity contribution in [2.45, 2.75) is 119 Å². The molecule has 0 radical (unpaired) electrons. The maximum atomic E-state index is 13.6. The number of carbonyl (C=O) groups is 2. The Bertz CT molecular complexity index is 663. The quantitative estimate of drug-likeness (QED) is 0.120. The van der Waals surface area contributed by atoms with Crippen molar-refractivity contribution >= 4 is 11.8 Å². The molecule has 1 heterocycles. The average molecular weight is 494 g/mol. The summed E-state index contributed by atoms with van der Waals surface area (Å²) in [4.78, 5) is 28.6. The van der Waals surface area contributed by atoms with E-state index in [0.29, 0.717) is 13.2 Å². The highest BCUT2D eigenvalue weighted by molar-refractivity contribution is 6.00. The van der Waals surface area contributed by atoms with Crippen LogP contribution in [0.15, 0.2) is 11.3 Å². The number of likely N-dealkylation sites (tertiary alicyclic amines) is 1. The third-order valence-electron chi connectivity index (χ3n) is 7.84. The van der Waals surface area contributed by atoms with Crippen molar-refractivity contribution in [1.29, 1.82) is 0 Å². The third kappa shape index (κ3) is 8.61. The van der Waals surface area contributed by atoms with Gasteiger partial charge in [-0.2, -0.15) is 0 Å². The summed E-state index contributed by atoms with van der Waals surface area (Å²) in [5, 5.41) is 0. The zero-order chi connectivity index (χ0) is 26.5. The number of piperidine rings is 1. The van der Waals surface area contributed by atoms with E-state index in [9.17, 15) is 9.59 Å². The van der Waals surface area contributed by atoms with Crippen LogP contribution in [0.1, 0.15) is 113 Å². The van der Waals surface area contributed by atoms with Crippen molar-refractivity contribution in [3.05, 3.63) is 11.3 Å². The van der Waals surface area contributed by atoms with Crippen LogP contribution in [0.25, 0.3) is 0 Å². The number of rotatable bonds is 17. The van der Waals surface area contributed by atoms with Crippen LogP contribution in [-0.2, 0) is 19.1 Å². The van der Waals surface area contributed by atoms with Crippen molar-refractivity contribution in [3.8, 4) is 0 Å². The van der Waals surface area contributed by atoms with E-state index < -0.39 is 0 Å². The predicted molar refractivity (Wildman–Crippen MR) is 145 cm³/mol. The molecule has 1 fully saturated rings. The normalized spacial score (nSPS) is 22.5. The zero-order valence-corrected chi connectivity index (χ0v) is 24.3. The minimum absolute atomic E-state index is 0.0123. The molecule has 5 unspecified atom stereocenters. The fourth-order valence-corrected chi connectivity index (χ4v) is 5.93. The summed E-state index contributed by atoms with van der Waals surface area (Å²) in [5.74, 6) is 0.605. The van der Waals surface area contributed by atoms with Gasteiger partial charge in [-0.25, -0.2) is 0 Å². The number of allylic oxidation sites excluding steroid dienone is 2. The fraction of sp³-hybridized carbons (Fsp3) is 0.867. The van der Waals surface area contributed by atoms with E-state index in [1.54, 1.807) is 7.11 Å². The van der Waals surface area contributed by atoms with E-state index in [1.165, 1.54) is 37.0 Å². The zero-order valence-electron chi connectivity index (χ0n) is 24.3. The van der Waals surface area contributed by atoms with Gasteiger partial charge in [0.1, 0.15) is 0 Å². The SMILES string of the molecule is CCCCCCCCOC(=C(C)C)C(CC(CC)OC)C1C(CC)C(=O)N(CC)C(=O)C1C(C)C. The molecule has 0 aliphatic carbocycles. The van der Waals surface area contributed by atoms with Gasteiger partial charge in [-0.15, -0.1) is 0 Å². The van der Waals surface area contributed by atoms with E-state index in [-0.39, 0.29) is 47.5 Å². The summed E-state index contributed by atoms with van der Waals surface area (Å²) in [6.45, 7) is 17.9. The molecule has 0 aromatic carbocycles. The molecule has 1 aliphatic heterocycles. The fourth-order valence-electron chi connectivity index (χ4n) is 5.93. The highest BCUT2D eigenvalue weighted by atomic mass is 16.5. The Labute approximate surface area is 216 Å². The van der Waals surface area contributed by atoms with Gasteiger partial charge in [0.15, 0.2) is 0 Å². The van der Waals surface area contributed by atoms with E-state index >= 15 is 0 Å². The van der Waals surface area contributed by atoms with Crippen LogP contribution in [0.2, 0.25) is 0 Å². The van der Waals surface area contributed by atoms with Crippen molar-refractivity contribution in [1.82, 2.24) is 4.90 Å². The summed E-state index contributed by atoms with van der Waals surface area (Å²) >= 11 is 0. The van der Waals surface area contributed by atoms with Crippen LogP contribution in [0.4, 0.5) is 0 Å². The molecule has 5 atom stereocenters. The van der Waals surface area contributed by atoms with E-state index in [1.807, 2.05) is 6.92 Å². The Morgan fingerprint density at radius 2 is 1.57 bits per heavy atom. The molecule has 0 saturated carbocycles. The van der Waals surface area contributed by atoms with Gasteiger partial charge in [-0.05, 0) is 63.9 Å². The molecule has 204 valence electrons. The van der Waals surface area contributed by atoms with Crippen LogP contribution in [0, 0.1) is 29.6 Å². The highest BCUT2D eigenvalue weighted by Crippen LogP contribution is 2.46. The summed E-state index contributed by atoms with van der Waals surface area (Å²) < 4.78 is 12.4. The summed E-state index contributed by atoms with van der Waals surface area (Å²) in [7, 11) is 1.76. The number of hydrogen-bond acceptors (Lipinski definition) is 4. The summed E-state index contributed by atoms with van der Waals surface area (Å²) in [5.41, 5.74) is 1.14. The number of unbranched alkanes of at least 4 members (excludes halogenated alkanes) is 5. The maximum Gasteiger partial charge on any atom is 0.232 e. The predicted octanol–water partition coefficient (Wildman–Crippen LogP) is 7.39. The Balaban J connectivity index is 3.35. The van der Waals surface area contributed by atoms with Crippen molar-refractivity contribution < 1.29 is 19.1 Å². The Morgan fingerprint density at radius 3 is 2.06 bits per heavy atom. The van der Waals surface area contributed by atoms with Crippen LogP contribution in [0.3, 0.4) is 0 Å². The molecular formula is C30H55NO4. The number of carbonyl (C=O) groups excluding carboxylic acids is 2. The van der Waals surface area contributed by atoms with E-state index in [4.69, 9.17) is 9.47 Å². The lowest BCUT2D eigenvalue weighted by Crippen LogP contribution is -2.57. The third-order valence-corrected chi connectivity index (χ3v) is 7.84. The molecule has 5 heteroatoms. The van der Waals surface area contributed by atoms with Gasteiger partial charge in [0.25, 0.3) is 0 Å². The van der Waals surface area contributed by atoms with Crippen LogP contribution >= 0.6 is 0 Å². The Morgan fingerprint density at radius 1 is 0.943 bits per heavy atom. The molecule has 0 N–H and O–H groups in total. The largest absolute Gasteiger partial charge is 0.498 e. The molecule has 1 rings (SSSR count). The van der Waals surface area contributed by atoms with Crippen LogP contribution < -0.4 is 0 Å². The van der Waals surface area contributed by atoms with E-state index in [0.717, 1.165) is 37.0 Å². The van der Waals surface area contributed by atoms with Gasteiger partial charge in [0.2, 0.25) is 11.8 Å². The van der Waals surface area contributed by atoms with Crippen LogP contribution in [-0.4, -0.2) is 43.1 Å². The van der Waals surface area contributed by atoms with Crippen molar-refractivity contribution in [2.24, 2.45) is 29.6 Å². The lowest BCUT2D eigenvalue weighted by molar-refractivity contribution is -0.164. The second-order valence-corrected chi connectivity index (χ2v) is 10.9. The molecule has 0 spiro atoms. The van der Waals surface area contributed by atoms with Gasteiger partial charge in [0, 0.05) is 31.4 Å². The first kappa shape index (κ1) is 31.7. The molecule has 0 bridgehead atoms. The maximum absolute atomic E-state index is 13.6. The van der Waals surface area contributed by atoms with Gasteiger partial charge >= 0.3 is 0 Å². The smallest absolute Gasteiger partial charge is 0.232 e. The average Bonchev–Trinajstić information content (AvgIpc) is 2.82. The second-order valence-electron chi connectivity index (χ2n) is 10.9. The van der Waals surface area contributed by atoms with E-state index in [2.05, 4.69) is 48.5 Å². The first-order valence-corrected chi connectivity index (χ1v) is 14.4. The lowest BCUT2D eigenvalue weighted by Gasteiger charge is -2.47. The van der Waals surface area contributed by atoms with Crippen molar-refractivity contribution in [2.75, 3.05) is 20.3 Å². The molecule has 1 saturated heterocycles. The van der Waals surface area contributed by atoms with Crippen LogP contribution in [0.5, 0.6) is 0 Å². The molecule has 35 heavy (non-hydrogen) atoms. The first-order valence-electron chi connectivity index (χ1n) is 14.4. The molecule has 5 nitrogen and oxygen atoms in total. The molecule has 2 amide bonds. The highest BCUT2D eigenvalue weighted by Gasteiger charge is 2.52. The van der Waals surface area contributed by atoms with Crippen molar-refractivity contribution in [3.63, 3.8) is 0 Å². The number of hydrogen-bond donors (Lipinski definition) is 0. The summed E-state index contributed by atoms with van der Waals surface area (Å²) in [6.07, 6.45) is 9.73. The lowest BCUT2D eigenvalue weighted by atomic mass is 9.63. The van der Waals surface area contributed by atoms with Gasteiger partial charge in [0.05, 0.1) is 18.5 Å². The summed E-state index contributed by atoms with van der Waals surface area (Å²) in [6, 6.07) is 0. The number of ether oxygens (including phenoxy) is 2. The van der Waals surface area contributed by atoms with Gasteiger partial charge < -0.3 is 9.47 Å². The van der Waals surface area contributed by atoms with Gasteiger partial charge in [-0.1, -0.05) is 66.7 Å². The molecule has 0 aromatic heterocycles. The molecular weight excluding hydrogens is 438 g/mol. The number of nitrogens with zero attached hydrogens (tertiary/aromatic N) is 1. The first-order chi connectivity index (χ1) is 16.7. The Hall–Kier alpha value is -1.36. The minimum atomic E-state index is -0.205. The molecule has 0 aromatic rings.